The summed E-state index contributed by atoms with van der Waals surface area (Å²) in [6.45, 7) is 1.85. The standard InChI is InChI=1S/C17H16N2O2S/c1-20-12-8-11-4-7-21-15(11)13(9-12)14-16(10-2-3-10)22-17-18-5-6-19(14)17/h4,7-10H,2-3,5-6H2,1H3. The molecule has 22 heavy (non-hydrogen) atoms. The van der Waals surface area contributed by atoms with Gasteiger partial charge in [-0.3, -0.25) is 4.99 Å². The molecule has 1 aliphatic carbocycles. The molecule has 4 nitrogen and oxygen atoms in total. The van der Waals surface area contributed by atoms with E-state index in [1.54, 1.807) is 13.4 Å². The predicted octanol–water partition coefficient (Wildman–Crippen LogP) is 3.94. The van der Waals surface area contributed by atoms with Crippen molar-refractivity contribution in [2.24, 2.45) is 10.9 Å². The monoisotopic (exact) mass is 312 g/mol. The summed E-state index contributed by atoms with van der Waals surface area (Å²) in [5, 5.41) is 2.24. The molecule has 112 valence electrons. The summed E-state index contributed by atoms with van der Waals surface area (Å²) >= 11 is 1.85. The molecule has 5 rings (SSSR count). The minimum absolute atomic E-state index is 0.699. The van der Waals surface area contributed by atoms with Crippen LogP contribution in [0.2, 0.25) is 0 Å². The van der Waals surface area contributed by atoms with Crippen LogP contribution in [0.15, 0.2) is 38.8 Å². The number of aliphatic imine (C=N–C) groups is 1. The quantitative estimate of drug-likeness (QED) is 0.860. The smallest absolute Gasteiger partial charge is 0.168 e. The van der Waals surface area contributed by atoms with Gasteiger partial charge >= 0.3 is 0 Å². The SMILES string of the molecule is COc1cc(C2=C(C3CC3)SC3=NCCN32)c2occc2c1. The van der Waals surface area contributed by atoms with Crippen LogP contribution in [0.3, 0.4) is 0 Å². The molecule has 1 aromatic heterocycles. The molecule has 1 saturated carbocycles. The van der Waals surface area contributed by atoms with E-state index in [0.717, 1.165) is 40.5 Å². The second kappa shape index (κ2) is 4.56. The minimum atomic E-state index is 0.699. The van der Waals surface area contributed by atoms with Crippen LogP contribution in [-0.4, -0.2) is 30.3 Å². The van der Waals surface area contributed by atoms with Crippen molar-refractivity contribution in [1.82, 2.24) is 4.90 Å². The zero-order chi connectivity index (χ0) is 14.7. The molecule has 0 amide bonds. The number of hydrogen-bond acceptors (Lipinski definition) is 5. The number of furan rings is 1. The highest BCUT2D eigenvalue weighted by Crippen LogP contribution is 2.53. The topological polar surface area (TPSA) is 38.0 Å². The summed E-state index contributed by atoms with van der Waals surface area (Å²) in [5.41, 5.74) is 3.38. The third-order valence-electron chi connectivity index (χ3n) is 4.47. The van der Waals surface area contributed by atoms with Gasteiger partial charge in [-0.1, -0.05) is 11.8 Å². The number of thioether (sulfide) groups is 1. The van der Waals surface area contributed by atoms with Crippen molar-refractivity contribution in [2.75, 3.05) is 20.2 Å². The molecule has 5 heteroatoms. The summed E-state index contributed by atoms with van der Waals surface area (Å²) in [4.78, 5) is 8.46. The van der Waals surface area contributed by atoms with E-state index in [-0.39, 0.29) is 0 Å². The molecule has 3 aliphatic rings. The number of benzene rings is 1. The van der Waals surface area contributed by atoms with E-state index < -0.39 is 0 Å². The van der Waals surface area contributed by atoms with Gasteiger partial charge < -0.3 is 14.1 Å². The Hall–Kier alpha value is -1.88. The number of allylic oxidation sites excluding steroid dienone is 1. The number of rotatable bonds is 3. The van der Waals surface area contributed by atoms with Gasteiger partial charge in [-0.05, 0) is 37.0 Å². The van der Waals surface area contributed by atoms with Crippen LogP contribution in [0.25, 0.3) is 16.7 Å². The fraction of sp³-hybridized carbons (Fsp3) is 0.353. The highest BCUT2D eigenvalue weighted by atomic mass is 32.2. The number of fused-ring (bicyclic) bond motifs is 2. The van der Waals surface area contributed by atoms with Crippen LogP contribution in [0.4, 0.5) is 0 Å². The number of ether oxygens (including phenoxy) is 1. The van der Waals surface area contributed by atoms with Crippen LogP contribution in [0.1, 0.15) is 18.4 Å². The molecular formula is C17H16N2O2S. The molecule has 0 bridgehead atoms. The van der Waals surface area contributed by atoms with Gasteiger partial charge in [0.1, 0.15) is 11.3 Å². The van der Waals surface area contributed by atoms with Gasteiger partial charge in [-0.15, -0.1) is 0 Å². The highest BCUT2D eigenvalue weighted by Gasteiger charge is 2.40. The summed E-state index contributed by atoms with van der Waals surface area (Å²) < 4.78 is 11.3. The van der Waals surface area contributed by atoms with Crippen LogP contribution < -0.4 is 4.74 Å². The third-order valence-corrected chi connectivity index (χ3v) is 5.75. The van der Waals surface area contributed by atoms with Gasteiger partial charge in [0.15, 0.2) is 5.17 Å². The summed E-state index contributed by atoms with van der Waals surface area (Å²) in [6, 6.07) is 6.13. The number of methoxy groups -OCH3 is 1. The maximum Gasteiger partial charge on any atom is 0.168 e. The lowest BCUT2D eigenvalue weighted by atomic mass is 10.1. The van der Waals surface area contributed by atoms with Crippen LogP contribution in [-0.2, 0) is 0 Å². The first-order chi connectivity index (χ1) is 10.8. The molecule has 2 aromatic rings. The Morgan fingerprint density at radius 3 is 3.09 bits per heavy atom. The molecule has 0 radical (unpaired) electrons. The van der Waals surface area contributed by atoms with E-state index in [0.29, 0.717) is 5.92 Å². The van der Waals surface area contributed by atoms with Crippen molar-refractivity contribution in [3.63, 3.8) is 0 Å². The van der Waals surface area contributed by atoms with Crippen molar-refractivity contribution < 1.29 is 9.15 Å². The normalized spacial score (nSPS) is 20.8. The summed E-state index contributed by atoms with van der Waals surface area (Å²) in [5.74, 6) is 1.57. The average Bonchev–Trinajstić information content (AvgIpc) is 2.97. The first-order valence-electron chi connectivity index (χ1n) is 7.65. The number of hydrogen-bond donors (Lipinski definition) is 0. The van der Waals surface area contributed by atoms with Gasteiger partial charge in [0, 0.05) is 22.4 Å². The zero-order valence-electron chi connectivity index (χ0n) is 12.3. The zero-order valence-corrected chi connectivity index (χ0v) is 13.2. The molecule has 0 N–H and O–H groups in total. The molecule has 1 aromatic carbocycles. The van der Waals surface area contributed by atoms with Crippen LogP contribution >= 0.6 is 11.8 Å². The van der Waals surface area contributed by atoms with Gasteiger partial charge in [0.25, 0.3) is 0 Å². The maximum atomic E-state index is 5.79. The molecular weight excluding hydrogens is 296 g/mol. The fourth-order valence-electron chi connectivity index (χ4n) is 3.25. The second-order valence-electron chi connectivity index (χ2n) is 5.92. The van der Waals surface area contributed by atoms with Crippen molar-refractivity contribution in [3.8, 4) is 5.75 Å². The lowest BCUT2D eigenvalue weighted by Gasteiger charge is -2.18. The van der Waals surface area contributed by atoms with Gasteiger partial charge in [0.05, 0.1) is 25.6 Å². The Morgan fingerprint density at radius 2 is 2.27 bits per heavy atom. The third kappa shape index (κ3) is 1.75. The Bertz CT molecular complexity index is 832. The van der Waals surface area contributed by atoms with Crippen molar-refractivity contribution in [1.29, 1.82) is 0 Å². The summed E-state index contributed by atoms with van der Waals surface area (Å²) in [7, 11) is 1.72. The van der Waals surface area contributed by atoms with Gasteiger partial charge in [0.2, 0.25) is 0 Å². The first-order valence-corrected chi connectivity index (χ1v) is 8.46. The fourth-order valence-corrected chi connectivity index (χ4v) is 4.61. The number of nitrogens with zero attached hydrogens (tertiary/aromatic N) is 2. The maximum absolute atomic E-state index is 5.79. The molecule has 0 unspecified atom stereocenters. The molecule has 2 aliphatic heterocycles. The molecule has 3 heterocycles. The van der Waals surface area contributed by atoms with Crippen molar-refractivity contribution in [3.05, 3.63) is 34.9 Å². The van der Waals surface area contributed by atoms with E-state index in [4.69, 9.17) is 9.15 Å². The average molecular weight is 312 g/mol. The lowest BCUT2D eigenvalue weighted by molar-refractivity contribution is 0.415. The van der Waals surface area contributed by atoms with Gasteiger partial charge in [-0.2, -0.15) is 0 Å². The number of amidine groups is 1. The Balaban J connectivity index is 1.76. The first kappa shape index (κ1) is 12.6. The van der Waals surface area contributed by atoms with E-state index in [2.05, 4.69) is 16.0 Å². The largest absolute Gasteiger partial charge is 0.497 e. The van der Waals surface area contributed by atoms with Crippen molar-refractivity contribution >= 4 is 33.6 Å². The molecule has 0 atom stereocenters. The van der Waals surface area contributed by atoms with E-state index in [9.17, 15) is 0 Å². The van der Waals surface area contributed by atoms with Crippen LogP contribution in [0, 0.1) is 5.92 Å². The van der Waals surface area contributed by atoms with Gasteiger partial charge in [-0.25, -0.2) is 0 Å². The predicted molar refractivity (Wildman–Crippen MR) is 89.0 cm³/mol. The lowest BCUT2D eigenvalue weighted by Crippen LogP contribution is -2.20. The van der Waals surface area contributed by atoms with E-state index in [1.165, 1.54) is 23.4 Å². The van der Waals surface area contributed by atoms with E-state index in [1.807, 2.05) is 23.9 Å². The van der Waals surface area contributed by atoms with Crippen molar-refractivity contribution in [2.45, 2.75) is 12.8 Å². The van der Waals surface area contributed by atoms with Crippen LogP contribution in [0.5, 0.6) is 5.75 Å². The molecule has 0 spiro atoms. The van der Waals surface area contributed by atoms with E-state index >= 15 is 0 Å². The minimum Gasteiger partial charge on any atom is -0.497 e. The Kier molecular flexibility index (Phi) is 2.62. The Labute approximate surface area is 132 Å². The highest BCUT2D eigenvalue weighted by molar-refractivity contribution is 8.17. The summed E-state index contributed by atoms with van der Waals surface area (Å²) in [6.07, 6.45) is 4.34. The second-order valence-corrected chi connectivity index (χ2v) is 6.93. The molecule has 0 saturated heterocycles. The Morgan fingerprint density at radius 1 is 1.36 bits per heavy atom. The molecule has 1 fully saturated rings.